The van der Waals surface area contributed by atoms with Gasteiger partial charge in [0, 0.05) is 23.2 Å². The van der Waals surface area contributed by atoms with Crippen LogP contribution in [0.2, 0.25) is 0 Å². The normalized spacial score (nSPS) is 24.6. The molecule has 0 spiro atoms. The van der Waals surface area contributed by atoms with Gasteiger partial charge in [-0.15, -0.1) is 0 Å². The zero-order chi connectivity index (χ0) is 12.4. The highest BCUT2D eigenvalue weighted by molar-refractivity contribution is 9.10. The molecule has 2 unspecified atom stereocenters. The van der Waals surface area contributed by atoms with Crippen LogP contribution in [0.1, 0.15) is 24.5 Å². The van der Waals surface area contributed by atoms with E-state index in [4.69, 9.17) is 10.5 Å². The molecule has 0 saturated carbocycles. The summed E-state index contributed by atoms with van der Waals surface area (Å²) in [6, 6.07) is 4.93. The van der Waals surface area contributed by atoms with Crippen LogP contribution in [0, 0.1) is 10.1 Å². The van der Waals surface area contributed by atoms with Crippen molar-refractivity contribution in [3.05, 3.63) is 38.3 Å². The molecule has 1 aromatic carbocycles. The molecule has 1 aromatic rings. The van der Waals surface area contributed by atoms with E-state index in [-0.39, 0.29) is 22.8 Å². The molecule has 0 aliphatic carbocycles. The Hall–Kier alpha value is -0.980. The molecule has 1 saturated heterocycles. The van der Waals surface area contributed by atoms with Gasteiger partial charge in [-0.2, -0.15) is 0 Å². The average Bonchev–Trinajstić information content (AvgIpc) is 2.28. The minimum absolute atomic E-state index is 0.0485. The van der Waals surface area contributed by atoms with Gasteiger partial charge in [0.05, 0.1) is 16.6 Å². The Balaban J connectivity index is 2.35. The van der Waals surface area contributed by atoms with E-state index in [9.17, 15) is 10.1 Å². The molecular weight excluding hydrogens is 288 g/mol. The number of benzene rings is 1. The van der Waals surface area contributed by atoms with Crippen LogP contribution in [0.3, 0.4) is 0 Å². The van der Waals surface area contributed by atoms with Gasteiger partial charge in [0.2, 0.25) is 0 Å². The molecule has 1 fully saturated rings. The highest BCUT2D eigenvalue weighted by Crippen LogP contribution is 2.35. The molecule has 0 bridgehead atoms. The predicted molar refractivity (Wildman–Crippen MR) is 66.7 cm³/mol. The van der Waals surface area contributed by atoms with E-state index < -0.39 is 0 Å². The predicted octanol–water partition coefficient (Wildman–Crippen LogP) is 2.54. The van der Waals surface area contributed by atoms with Gasteiger partial charge in [0.15, 0.2) is 0 Å². The zero-order valence-corrected chi connectivity index (χ0v) is 10.7. The van der Waals surface area contributed by atoms with Crippen molar-refractivity contribution in [1.29, 1.82) is 0 Å². The van der Waals surface area contributed by atoms with Crippen LogP contribution in [-0.4, -0.2) is 17.6 Å². The molecule has 0 radical (unpaired) electrons. The van der Waals surface area contributed by atoms with Gasteiger partial charge in [0.1, 0.15) is 0 Å². The first kappa shape index (κ1) is 12.5. The Morgan fingerprint density at radius 2 is 2.29 bits per heavy atom. The summed E-state index contributed by atoms with van der Waals surface area (Å²) < 4.78 is 6.38. The van der Waals surface area contributed by atoms with Crippen LogP contribution in [-0.2, 0) is 4.74 Å². The number of hydrogen-bond donors (Lipinski definition) is 1. The van der Waals surface area contributed by atoms with Crippen molar-refractivity contribution >= 4 is 21.6 Å². The summed E-state index contributed by atoms with van der Waals surface area (Å²) in [7, 11) is 0. The quantitative estimate of drug-likeness (QED) is 0.672. The summed E-state index contributed by atoms with van der Waals surface area (Å²) >= 11 is 3.32. The number of nitrogens with two attached hydrogens (primary N) is 1. The lowest BCUT2D eigenvalue weighted by Gasteiger charge is -2.27. The Kier molecular flexibility index (Phi) is 3.76. The third kappa shape index (κ3) is 2.83. The Morgan fingerprint density at radius 3 is 2.94 bits per heavy atom. The lowest BCUT2D eigenvalue weighted by Crippen LogP contribution is -2.30. The number of rotatable bonds is 2. The van der Waals surface area contributed by atoms with E-state index in [0.29, 0.717) is 18.6 Å². The van der Waals surface area contributed by atoms with Gasteiger partial charge in [0.25, 0.3) is 5.69 Å². The minimum Gasteiger partial charge on any atom is -0.373 e. The Bertz CT molecular complexity index is 439. The van der Waals surface area contributed by atoms with Crippen molar-refractivity contribution in [1.82, 2.24) is 0 Å². The van der Waals surface area contributed by atoms with Gasteiger partial charge < -0.3 is 10.5 Å². The highest BCUT2D eigenvalue weighted by Gasteiger charge is 2.27. The fraction of sp³-hybridized carbons (Fsp3) is 0.455. The Labute approximate surface area is 107 Å². The van der Waals surface area contributed by atoms with Gasteiger partial charge >= 0.3 is 0 Å². The first-order valence-electron chi connectivity index (χ1n) is 5.39. The maximum Gasteiger partial charge on any atom is 0.275 e. The van der Waals surface area contributed by atoms with Crippen LogP contribution in [0.15, 0.2) is 22.7 Å². The molecule has 5 nitrogen and oxygen atoms in total. The van der Waals surface area contributed by atoms with Gasteiger partial charge in [-0.25, -0.2) is 0 Å². The standard InChI is InChI=1S/C11H13BrN2O3/c12-7-1-2-10(14(15)16)9(5-7)11-6-8(13)3-4-17-11/h1-2,5,8,11H,3-4,6,13H2. The van der Waals surface area contributed by atoms with Crippen LogP contribution >= 0.6 is 15.9 Å². The number of ether oxygens (including phenoxy) is 1. The van der Waals surface area contributed by atoms with Crippen LogP contribution in [0.25, 0.3) is 0 Å². The number of nitro benzene ring substituents is 1. The van der Waals surface area contributed by atoms with E-state index in [2.05, 4.69) is 15.9 Å². The lowest BCUT2D eigenvalue weighted by molar-refractivity contribution is -0.386. The highest BCUT2D eigenvalue weighted by atomic mass is 79.9. The summed E-state index contributed by atoms with van der Waals surface area (Å²) in [5.74, 6) is 0. The third-order valence-corrected chi connectivity index (χ3v) is 3.35. The molecule has 17 heavy (non-hydrogen) atoms. The second kappa shape index (κ2) is 5.12. The molecule has 1 aliphatic rings. The molecule has 6 heteroatoms. The lowest BCUT2D eigenvalue weighted by atomic mass is 9.97. The molecule has 0 aromatic heterocycles. The van der Waals surface area contributed by atoms with E-state index in [1.165, 1.54) is 6.07 Å². The fourth-order valence-electron chi connectivity index (χ4n) is 1.99. The topological polar surface area (TPSA) is 78.4 Å². The molecule has 0 amide bonds. The van der Waals surface area contributed by atoms with Gasteiger partial charge in [-0.1, -0.05) is 15.9 Å². The Morgan fingerprint density at radius 1 is 1.53 bits per heavy atom. The first-order chi connectivity index (χ1) is 8.08. The SMILES string of the molecule is NC1CCOC(c2cc(Br)ccc2[N+](=O)[O-])C1. The number of hydrogen-bond acceptors (Lipinski definition) is 4. The van der Waals surface area contributed by atoms with Crippen molar-refractivity contribution in [3.8, 4) is 0 Å². The fourth-order valence-corrected chi connectivity index (χ4v) is 2.37. The van der Waals surface area contributed by atoms with Crippen LogP contribution in [0.4, 0.5) is 5.69 Å². The smallest absolute Gasteiger partial charge is 0.275 e. The van der Waals surface area contributed by atoms with E-state index >= 15 is 0 Å². The van der Waals surface area contributed by atoms with Crippen LogP contribution < -0.4 is 5.73 Å². The molecule has 1 aliphatic heterocycles. The molecule has 2 rings (SSSR count). The molecule has 1 heterocycles. The number of nitro groups is 1. The van der Waals surface area contributed by atoms with Crippen molar-refractivity contribution in [2.24, 2.45) is 5.73 Å². The molecular formula is C11H13BrN2O3. The second-order valence-corrected chi connectivity index (χ2v) is 5.02. The van der Waals surface area contributed by atoms with Gasteiger partial charge in [-0.05, 0) is 25.0 Å². The minimum atomic E-state index is -0.384. The van der Waals surface area contributed by atoms with Crippen molar-refractivity contribution in [2.75, 3.05) is 6.61 Å². The summed E-state index contributed by atoms with van der Waals surface area (Å²) in [6.45, 7) is 0.551. The summed E-state index contributed by atoms with van der Waals surface area (Å²) in [5.41, 5.74) is 6.55. The maximum atomic E-state index is 11.0. The van der Waals surface area contributed by atoms with Crippen molar-refractivity contribution in [2.45, 2.75) is 25.0 Å². The molecule has 2 atom stereocenters. The third-order valence-electron chi connectivity index (χ3n) is 2.86. The van der Waals surface area contributed by atoms with E-state index in [1.54, 1.807) is 12.1 Å². The average molecular weight is 301 g/mol. The molecule has 2 N–H and O–H groups in total. The van der Waals surface area contributed by atoms with E-state index in [0.717, 1.165) is 10.9 Å². The van der Waals surface area contributed by atoms with Crippen molar-refractivity contribution < 1.29 is 9.66 Å². The monoisotopic (exact) mass is 300 g/mol. The van der Waals surface area contributed by atoms with Crippen LogP contribution in [0.5, 0.6) is 0 Å². The molecule has 92 valence electrons. The number of halogens is 1. The summed E-state index contributed by atoms with van der Waals surface area (Å²) in [4.78, 5) is 10.6. The zero-order valence-electron chi connectivity index (χ0n) is 9.14. The maximum absolute atomic E-state index is 11.0. The number of nitrogens with zero attached hydrogens (tertiary/aromatic N) is 1. The van der Waals surface area contributed by atoms with Gasteiger partial charge in [-0.3, -0.25) is 10.1 Å². The largest absolute Gasteiger partial charge is 0.373 e. The summed E-state index contributed by atoms with van der Waals surface area (Å²) in [5, 5.41) is 11.0. The summed E-state index contributed by atoms with van der Waals surface area (Å²) in [6.07, 6.45) is 1.15. The second-order valence-electron chi connectivity index (χ2n) is 4.10. The van der Waals surface area contributed by atoms with Crippen molar-refractivity contribution in [3.63, 3.8) is 0 Å². The van der Waals surface area contributed by atoms with E-state index in [1.807, 2.05) is 0 Å². The first-order valence-corrected chi connectivity index (χ1v) is 6.18.